The Bertz CT molecular complexity index is 2980. The highest BCUT2D eigenvalue weighted by atomic mass is 32.1. The van der Waals surface area contributed by atoms with Gasteiger partial charge in [-0.3, -0.25) is 0 Å². The topological polar surface area (TPSA) is 16.4 Å². The van der Waals surface area contributed by atoms with E-state index in [4.69, 9.17) is 4.42 Å². The molecule has 10 aromatic rings. The lowest BCUT2D eigenvalue weighted by Gasteiger charge is -2.28. The number of furan rings is 1. The Balaban J connectivity index is 0.989. The molecule has 2 nitrogen and oxygen atoms in total. The van der Waals surface area contributed by atoms with Gasteiger partial charge in [0.1, 0.15) is 11.2 Å². The van der Waals surface area contributed by atoms with E-state index in [1.807, 2.05) is 11.3 Å². The third kappa shape index (κ3) is 4.57. The monoisotopic (exact) mass is 695 g/mol. The molecule has 0 spiro atoms. The summed E-state index contributed by atoms with van der Waals surface area (Å²) < 4.78 is 9.03. The van der Waals surface area contributed by atoms with Crippen molar-refractivity contribution in [2.75, 3.05) is 4.90 Å². The van der Waals surface area contributed by atoms with Crippen molar-refractivity contribution in [1.82, 2.24) is 0 Å². The van der Waals surface area contributed by atoms with Gasteiger partial charge >= 0.3 is 0 Å². The highest BCUT2D eigenvalue weighted by Gasteiger charge is 2.40. The van der Waals surface area contributed by atoms with Crippen molar-refractivity contribution in [3.05, 3.63) is 199 Å². The predicted octanol–water partition coefficient (Wildman–Crippen LogP) is 14.4. The molecule has 11 rings (SSSR count). The molecule has 0 unspecified atom stereocenters. The molecule has 53 heavy (non-hydrogen) atoms. The number of hydrogen-bond donors (Lipinski definition) is 0. The Kier molecular flexibility index (Phi) is 6.58. The molecular weight excluding hydrogens is 663 g/mol. The SMILES string of the molecule is CC1(c2ccc3oc4ccc(-c5ccc(N(c6ccccc6)c6ccc7c(c6)sc6ccccc67)cc5)cc4c3c2)c2ccccc2-c2ccccc21. The quantitative estimate of drug-likeness (QED) is 0.178. The molecule has 0 fully saturated rings. The standard InChI is InChI=1S/C50H33NOS/c1-50(44-16-8-5-13-38(44)39-14-6-9-17-45(39)50)34-22-28-47-43(30-34)42-29-33(21-27-46(42)52-47)32-19-23-36(24-20-32)51(35-11-3-2-4-12-35)37-25-26-41-40-15-7-10-18-48(40)53-49(41)31-37/h2-31H,1H3. The predicted molar refractivity (Wildman–Crippen MR) is 224 cm³/mol. The Morgan fingerprint density at radius 2 is 1.02 bits per heavy atom. The molecule has 0 bridgehead atoms. The second kappa shape index (κ2) is 11.5. The molecule has 3 heteroatoms. The minimum Gasteiger partial charge on any atom is -0.456 e. The molecule has 0 radical (unpaired) electrons. The van der Waals surface area contributed by atoms with Crippen molar-refractivity contribution >= 4 is 70.5 Å². The second-order valence-electron chi connectivity index (χ2n) is 14.2. The van der Waals surface area contributed by atoms with Crippen LogP contribution in [0.2, 0.25) is 0 Å². The zero-order chi connectivity index (χ0) is 35.1. The van der Waals surface area contributed by atoms with Crippen LogP contribution in [-0.4, -0.2) is 0 Å². The maximum Gasteiger partial charge on any atom is 0.135 e. The molecule has 1 aliphatic carbocycles. The van der Waals surface area contributed by atoms with Gasteiger partial charge in [-0.2, -0.15) is 0 Å². The molecule has 0 amide bonds. The largest absolute Gasteiger partial charge is 0.456 e. The fourth-order valence-electron chi connectivity index (χ4n) is 8.71. The molecule has 0 atom stereocenters. The van der Waals surface area contributed by atoms with E-state index in [0.717, 1.165) is 44.6 Å². The second-order valence-corrected chi connectivity index (χ2v) is 15.3. The Morgan fingerprint density at radius 1 is 0.434 bits per heavy atom. The van der Waals surface area contributed by atoms with Crippen LogP contribution in [0.15, 0.2) is 186 Å². The van der Waals surface area contributed by atoms with E-state index in [2.05, 4.69) is 194 Å². The fourth-order valence-corrected chi connectivity index (χ4v) is 9.85. The van der Waals surface area contributed by atoms with Crippen molar-refractivity contribution in [2.24, 2.45) is 0 Å². The maximum absolute atomic E-state index is 6.43. The summed E-state index contributed by atoms with van der Waals surface area (Å²) in [5.41, 5.74) is 13.9. The van der Waals surface area contributed by atoms with Crippen LogP contribution in [0.1, 0.15) is 23.6 Å². The van der Waals surface area contributed by atoms with E-state index in [0.29, 0.717) is 0 Å². The van der Waals surface area contributed by atoms with Gasteiger partial charge in [-0.05, 0) is 113 Å². The molecule has 0 saturated carbocycles. The summed E-state index contributed by atoms with van der Waals surface area (Å²) in [6, 6.07) is 66.2. The van der Waals surface area contributed by atoms with Crippen molar-refractivity contribution < 1.29 is 4.42 Å². The average Bonchev–Trinajstić information content (AvgIpc) is 3.86. The Morgan fingerprint density at radius 3 is 1.79 bits per heavy atom. The van der Waals surface area contributed by atoms with Gasteiger partial charge in [0.2, 0.25) is 0 Å². The van der Waals surface area contributed by atoms with Gasteiger partial charge in [0.15, 0.2) is 0 Å². The van der Waals surface area contributed by atoms with Gasteiger partial charge in [0.05, 0.1) is 0 Å². The number of para-hydroxylation sites is 1. The van der Waals surface area contributed by atoms with E-state index >= 15 is 0 Å². The van der Waals surface area contributed by atoms with E-state index in [1.165, 1.54) is 53.6 Å². The van der Waals surface area contributed by atoms with Crippen LogP contribution in [0.25, 0.3) is 64.4 Å². The normalized spacial score (nSPS) is 13.2. The summed E-state index contributed by atoms with van der Waals surface area (Å²) in [5.74, 6) is 0. The van der Waals surface area contributed by atoms with Crippen molar-refractivity contribution in [3.8, 4) is 22.3 Å². The number of benzene rings is 8. The summed E-state index contributed by atoms with van der Waals surface area (Å²) in [5, 5.41) is 4.90. The summed E-state index contributed by atoms with van der Waals surface area (Å²) in [6.07, 6.45) is 0. The van der Waals surface area contributed by atoms with E-state index < -0.39 is 0 Å². The Labute approximate surface area is 311 Å². The first-order valence-corrected chi connectivity index (χ1v) is 19.0. The number of fused-ring (bicyclic) bond motifs is 9. The summed E-state index contributed by atoms with van der Waals surface area (Å²) in [4.78, 5) is 2.35. The molecule has 0 aliphatic heterocycles. The number of anilines is 3. The number of thiophene rings is 1. The third-order valence-electron chi connectivity index (χ3n) is 11.4. The molecule has 8 aromatic carbocycles. The number of hydrogen-bond acceptors (Lipinski definition) is 3. The number of nitrogens with zero attached hydrogens (tertiary/aromatic N) is 1. The zero-order valence-corrected chi connectivity index (χ0v) is 29.9. The van der Waals surface area contributed by atoms with Gasteiger partial charge in [0.25, 0.3) is 0 Å². The highest BCUT2D eigenvalue weighted by molar-refractivity contribution is 7.25. The van der Waals surface area contributed by atoms with Crippen LogP contribution >= 0.6 is 11.3 Å². The fraction of sp³-hybridized carbons (Fsp3) is 0.0400. The van der Waals surface area contributed by atoms with Gasteiger partial charge in [-0.1, -0.05) is 115 Å². The summed E-state index contributed by atoms with van der Waals surface area (Å²) in [7, 11) is 0. The Hall–Kier alpha value is -6.42. The first kappa shape index (κ1) is 30.2. The molecule has 1 aliphatic rings. The maximum atomic E-state index is 6.43. The zero-order valence-electron chi connectivity index (χ0n) is 29.1. The van der Waals surface area contributed by atoms with Crippen LogP contribution in [-0.2, 0) is 5.41 Å². The minimum absolute atomic E-state index is 0.259. The van der Waals surface area contributed by atoms with Gasteiger partial charge in [0, 0.05) is 53.4 Å². The third-order valence-corrected chi connectivity index (χ3v) is 12.5. The van der Waals surface area contributed by atoms with Gasteiger partial charge in [-0.15, -0.1) is 11.3 Å². The van der Waals surface area contributed by atoms with E-state index in [9.17, 15) is 0 Å². The first-order valence-electron chi connectivity index (χ1n) is 18.2. The van der Waals surface area contributed by atoms with Crippen LogP contribution < -0.4 is 4.90 Å². The summed E-state index contributed by atoms with van der Waals surface area (Å²) in [6.45, 7) is 2.37. The lowest BCUT2D eigenvalue weighted by Crippen LogP contribution is -2.22. The summed E-state index contributed by atoms with van der Waals surface area (Å²) >= 11 is 1.85. The highest BCUT2D eigenvalue weighted by Crippen LogP contribution is 2.53. The van der Waals surface area contributed by atoms with Crippen molar-refractivity contribution in [1.29, 1.82) is 0 Å². The van der Waals surface area contributed by atoms with E-state index in [1.54, 1.807) is 0 Å². The van der Waals surface area contributed by atoms with Crippen LogP contribution in [0.3, 0.4) is 0 Å². The minimum atomic E-state index is -0.259. The van der Waals surface area contributed by atoms with Crippen LogP contribution in [0.5, 0.6) is 0 Å². The first-order chi connectivity index (χ1) is 26.1. The van der Waals surface area contributed by atoms with Crippen molar-refractivity contribution in [2.45, 2.75) is 12.3 Å². The average molecular weight is 696 g/mol. The molecule has 250 valence electrons. The smallest absolute Gasteiger partial charge is 0.135 e. The molecule has 2 aromatic heterocycles. The van der Waals surface area contributed by atoms with E-state index in [-0.39, 0.29) is 5.41 Å². The molecule has 0 N–H and O–H groups in total. The van der Waals surface area contributed by atoms with Crippen LogP contribution in [0.4, 0.5) is 17.1 Å². The van der Waals surface area contributed by atoms with Crippen LogP contribution in [0, 0.1) is 0 Å². The number of rotatable bonds is 5. The molecule has 0 saturated heterocycles. The lowest BCUT2D eigenvalue weighted by atomic mass is 9.74. The molecule has 2 heterocycles. The molecular formula is C50H33NOS. The lowest BCUT2D eigenvalue weighted by molar-refractivity contribution is 0.667. The van der Waals surface area contributed by atoms with Gasteiger partial charge < -0.3 is 9.32 Å². The van der Waals surface area contributed by atoms with Gasteiger partial charge in [-0.25, -0.2) is 0 Å². The van der Waals surface area contributed by atoms with Crippen molar-refractivity contribution in [3.63, 3.8) is 0 Å².